The number of allylic oxidation sites excluding steroid dienone is 1. The number of hydrogen-bond acceptors (Lipinski definition) is 1. The molecular formula is C14H19N. The summed E-state index contributed by atoms with van der Waals surface area (Å²) in [7, 11) is 0. The van der Waals surface area contributed by atoms with E-state index in [0.717, 1.165) is 12.2 Å². The van der Waals surface area contributed by atoms with Crippen molar-refractivity contribution in [1.29, 1.82) is 0 Å². The highest BCUT2D eigenvalue weighted by molar-refractivity contribution is 5.39. The SMILES string of the molecule is C=C1NCc2ccccc2C1C(C)(C)C. The summed E-state index contributed by atoms with van der Waals surface area (Å²) >= 11 is 0. The smallest absolute Gasteiger partial charge is 0.0400 e. The number of benzene rings is 1. The minimum atomic E-state index is 0.223. The molecule has 0 spiro atoms. The van der Waals surface area contributed by atoms with E-state index in [1.165, 1.54) is 11.1 Å². The van der Waals surface area contributed by atoms with Crippen LogP contribution in [-0.2, 0) is 6.54 Å². The van der Waals surface area contributed by atoms with Gasteiger partial charge in [-0.15, -0.1) is 0 Å². The number of rotatable bonds is 0. The molecule has 0 radical (unpaired) electrons. The predicted octanol–water partition coefficient (Wildman–Crippen LogP) is 3.43. The van der Waals surface area contributed by atoms with Crippen LogP contribution in [0.4, 0.5) is 0 Å². The van der Waals surface area contributed by atoms with E-state index >= 15 is 0 Å². The Morgan fingerprint density at radius 2 is 1.93 bits per heavy atom. The van der Waals surface area contributed by atoms with Crippen LogP contribution in [0.3, 0.4) is 0 Å². The van der Waals surface area contributed by atoms with Gasteiger partial charge in [0.1, 0.15) is 0 Å². The van der Waals surface area contributed by atoms with E-state index in [2.05, 4.69) is 56.9 Å². The highest BCUT2D eigenvalue weighted by Gasteiger charge is 2.32. The van der Waals surface area contributed by atoms with Crippen molar-refractivity contribution in [1.82, 2.24) is 5.32 Å². The number of hydrogen-bond donors (Lipinski definition) is 1. The van der Waals surface area contributed by atoms with E-state index < -0.39 is 0 Å². The standard InChI is InChI=1S/C14H19N/c1-10-13(14(2,3)4)12-8-6-5-7-11(12)9-15-10/h5-8,13,15H,1,9H2,2-4H3. The Morgan fingerprint density at radius 3 is 2.60 bits per heavy atom. The fraction of sp³-hybridized carbons (Fsp3) is 0.429. The van der Waals surface area contributed by atoms with Crippen molar-refractivity contribution < 1.29 is 0 Å². The lowest BCUT2D eigenvalue weighted by Crippen LogP contribution is -2.32. The van der Waals surface area contributed by atoms with Crippen molar-refractivity contribution in [3.05, 3.63) is 47.7 Å². The van der Waals surface area contributed by atoms with Crippen LogP contribution in [0.1, 0.15) is 37.8 Å². The highest BCUT2D eigenvalue weighted by atomic mass is 14.9. The van der Waals surface area contributed by atoms with Crippen LogP contribution in [0.15, 0.2) is 36.5 Å². The Hall–Kier alpha value is -1.24. The molecule has 0 fully saturated rings. The molecule has 80 valence electrons. The van der Waals surface area contributed by atoms with Gasteiger partial charge in [0, 0.05) is 18.2 Å². The summed E-state index contributed by atoms with van der Waals surface area (Å²) in [6, 6.07) is 8.66. The van der Waals surface area contributed by atoms with Gasteiger partial charge in [0.15, 0.2) is 0 Å². The zero-order valence-corrected chi connectivity index (χ0v) is 9.80. The van der Waals surface area contributed by atoms with Crippen LogP contribution in [0, 0.1) is 5.41 Å². The normalized spacial score (nSPS) is 20.7. The fourth-order valence-corrected chi connectivity index (χ4v) is 2.46. The largest absolute Gasteiger partial charge is 0.384 e. The average Bonchev–Trinajstić information content (AvgIpc) is 2.15. The molecule has 0 aliphatic carbocycles. The molecule has 1 aromatic rings. The second-order valence-electron chi connectivity index (χ2n) is 5.38. The Balaban J connectivity index is 2.51. The molecule has 0 saturated heterocycles. The van der Waals surface area contributed by atoms with Gasteiger partial charge in [-0.2, -0.15) is 0 Å². The minimum Gasteiger partial charge on any atom is -0.384 e. The van der Waals surface area contributed by atoms with E-state index in [1.807, 2.05) is 0 Å². The van der Waals surface area contributed by atoms with Crippen molar-refractivity contribution in [2.45, 2.75) is 33.2 Å². The molecule has 1 unspecified atom stereocenters. The summed E-state index contributed by atoms with van der Waals surface area (Å²) in [4.78, 5) is 0. The van der Waals surface area contributed by atoms with Gasteiger partial charge in [-0.25, -0.2) is 0 Å². The van der Waals surface area contributed by atoms with Crippen molar-refractivity contribution >= 4 is 0 Å². The van der Waals surface area contributed by atoms with Crippen LogP contribution >= 0.6 is 0 Å². The topological polar surface area (TPSA) is 12.0 Å². The summed E-state index contributed by atoms with van der Waals surface area (Å²) in [6.07, 6.45) is 0. The van der Waals surface area contributed by atoms with Gasteiger partial charge in [0.25, 0.3) is 0 Å². The van der Waals surface area contributed by atoms with E-state index in [-0.39, 0.29) is 5.41 Å². The third-order valence-electron chi connectivity index (χ3n) is 3.09. The Labute approximate surface area is 92.2 Å². The molecule has 1 atom stereocenters. The summed E-state index contributed by atoms with van der Waals surface area (Å²) in [5.41, 5.74) is 4.22. The van der Waals surface area contributed by atoms with Gasteiger partial charge < -0.3 is 5.32 Å². The van der Waals surface area contributed by atoms with Crippen molar-refractivity contribution in [2.75, 3.05) is 0 Å². The molecule has 2 rings (SSSR count). The third-order valence-corrected chi connectivity index (χ3v) is 3.09. The van der Waals surface area contributed by atoms with E-state index in [1.54, 1.807) is 0 Å². The molecule has 1 aliphatic rings. The zero-order valence-electron chi connectivity index (χ0n) is 9.80. The summed E-state index contributed by atoms with van der Waals surface area (Å²) in [6.45, 7) is 11.9. The Morgan fingerprint density at radius 1 is 1.27 bits per heavy atom. The Kier molecular flexibility index (Phi) is 2.34. The lowest BCUT2D eigenvalue weighted by Gasteiger charge is -2.38. The molecule has 0 amide bonds. The highest BCUT2D eigenvalue weighted by Crippen LogP contribution is 2.42. The van der Waals surface area contributed by atoms with Gasteiger partial charge in [-0.05, 0) is 16.5 Å². The molecule has 1 heteroatoms. The van der Waals surface area contributed by atoms with Gasteiger partial charge in [0.2, 0.25) is 0 Å². The molecule has 0 saturated carbocycles. The summed E-state index contributed by atoms with van der Waals surface area (Å²) < 4.78 is 0. The van der Waals surface area contributed by atoms with Crippen LogP contribution in [0.5, 0.6) is 0 Å². The van der Waals surface area contributed by atoms with Crippen LogP contribution in [0.25, 0.3) is 0 Å². The van der Waals surface area contributed by atoms with Gasteiger partial charge in [-0.1, -0.05) is 51.6 Å². The Bertz CT molecular complexity index is 385. The van der Waals surface area contributed by atoms with E-state index in [9.17, 15) is 0 Å². The minimum absolute atomic E-state index is 0.223. The van der Waals surface area contributed by atoms with E-state index in [4.69, 9.17) is 0 Å². The van der Waals surface area contributed by atoms with E-state index in [0.29, 0.717) is 5.92 Å². The lowest BCUT2D eigenvalue weighted by molar-refractivity contribution is 0.332. The van der Waals surface area contributed by atoms with Gasteiger partial charge >= 0.3 is 0 Å². The molecule has 0 aromatic heterocycles. The molecule has 1 heterocycles. The fourth-order valence-electron chi connectivity index (χ4n) is 2.46. The van der Waals surface area contributed by atoms with Crippen LogP contribution in [-0.4, -0.2) is 0 Å². The molecule has 15 heavy (non-hydrogen) atoms. The third kappa shape index (κ3) is 1.79. The maximum Gasteiger partial charge on any atom is 0.0400 e. The van der Waals surface area contributed by atoms with Crippen LogP contribution < -0.4 is 5.32 Å². The monoisotopic (exact) mass is 201 g/mol. The summed E-state index contributed by atoms with van der Waals surface area (Å²) in [5.74, 6) is 0.419. The zero-order chi connectivity index (χ0) is 11.1. The molecular weight excluding hydrogens is 182 g/mol. The summed E-state index contributed by atoms with van der Waals surface area (Å²) in [5, 5.41) is 3.40. The first-order chi connectivity index (χ1) is 7.00. The quantitative estimate of drug-likeness (QED) is 0.678. The van der Waals surface area contributed by atoms with Gasteiger partial charge in [-0.3, -0.25) is 0 Å². The second-order valence-corrected chi connectivity index (χ2v) is 5.38. The molecule has 1 aromatic carbocycles. The lowest BCUT2D eigenvalue weighted by atomic mass is 9.72. The first kappa shape index (κ1) is 10.3. The molecule has 1 aliphatic heterocycles. The first-order valence-electron chi connectivity index (χ1n) is 5.50. The van der Waals surface area contributed by atoms with Crippen molar-refractivity contribution in [3.8, 4) is 0 Å². The van der Waals surface area contributed by atoms with Crippen molar-refractivity contribution in [3.63, 3.8) is 0 Å². The van der Waals surface area contributed by atoms with Gasteiger partial charge in [0.05, 0.1) is 0 Å². The first-order valence-corrected chi connectivity index (χ1v) is 5.50. The number of fused-ring (bicyclic) bond motifs is 1. The molecule has 0 bridgehead atoms. The average molecular weight is 201 g/mol. The molecule has 1 N–H and O–H groups in total. The van der Waals surface area contributed by atoms with Crippen molar-refractivity contribution in [2.24, 2.45) is 5.41 Å². The van der Waals surface area contributed by atoms with Crippen LogP contribution in [0.2, 0.25) is 0 Å². The maximum absolute atomic E-state index is 4.15. The molecule has 1 nitrogen and oxygen atoms in total. The second kappa shape index (κ2) is 3.41. The maximum atomic E-state index is 4.15. The predicted molar refractivity (Wildman–Crippen MR) is 64.6 cm³/mol. The number of nitrogens with one attached hydrogen (secondary N) is 1.